The highest BCUT2D eigenvalue weighted by molar-refractivity contribution is 7.98. The summed E-state index contributed by atoms with van der Waals surface area (Å²) in [5, 5.41) is 4.35. The molecule has 0 saturated heterocycles. The topological polar surface area (TPSA) is 84.7 Å². The van der Waals surface area contributed by atoms with E-state index in [2.05, 4.69) is 20.1 Å². The van der Waals surface area contributed by atoms with Crippen LogP contribution in [0.5, 0.6) is 0 Å². The number of aryl methyl sites for hydroxylation is 1. The van der Waals surface area contributed by atoms with Gasteiger partial charge in [0.15, 0.2) is 5.16 Å². The smallest absolute Gasteiger partial charge is 0.255 e. The third-order valence-corrected chi connectivity index (χ3v) is 5.55. The molecule has 4 rings (SSSR count). The van der Waals surface area contributed by atoms with Crippen LogP contribution in [-0.4, -0.2) is 20.1 Å². The van der Waals surface area contributed by atoms with Crippen molar-refractivity contribution in [3.8, 4) is 11.4 Å². The average molecular weight is 443 g/mol. The summed E-state index contributed by atoms with van der Waals surface area (Å²) in [6.07, 6.45) is 0.521. The average Bonchev–Trinajstić information content (AvgIpc) is 3.21. The van der Waals surface area contributed by atoms with E-state index in [0.29, 0.717) is 45.9 Å². The van der Waals surface area contributed by atoms with Crippen LogP contribution in [0.1, 0.15) is 22.7 Å². The minimum Gasteiger partial charge on any atom is -0.338 e. The summed E-state index contributed by atoms with van der Waals surface area (Å²) in [5.74, 6) is 0.468. The molecule has 2 heterocycles. The molecule has 4 aromatic rings. The van der Waals surface area contributed by atoms with Gasteiger partial charge < -0.3 is 9.51 Å². The van der Waals surface area contributed by atoms with Crippen LogP contribution in [0.15, 0.2) is 63.0 Å². The molecule has 30 heavy (non-hydrogen) atoms. The molecule has 0 bridgehead atoms. The highest BCUT2D eigenvalue weighted by atomic mass is 35.5. The monoisotopic (exact) mass is 442 g/mol. The Morgan fingerprint density at radius 3 is 2.70 bits per heavy atom. The molecule has 0 radical (unpaired) electrons. The van der Waals surface area contributed by atoms with E-state index in [1.165, 1.54) is 30.0 Å². The standard InChI is InChI=1S/C21H16ClFN4O2S/c1-12-15(9-13-5-3-2-4-6-13)20(28)26-21(24-12)30-11-18-25-19(27-29-18)14-7-8-17(23)16(22)10-14/h2-8,10H,9,11H2,1H3,(H,24,26,28). The molecule has 0 unspecified atom stereocenters. The van der Waals surface area contributed by atoms with Gasteiger partial charge >= 0.3 is 0 Å². The van der Waals surface area contributed by atoms with Crippen molar-refractivity contribution >= 4 is 23.4 Å². The fourth-order valence-electron chi connectivity index (χ4n) is 2.86. The van der Waals surface area contributed by atoms with Crippen molar-refractivity contribution in [2.45, 2.75) is 24.3 Å². The summed E-state index contributed by atoms with van der Waals surface area (Å²) in [7, 11) is 0. The first-order chi connectivity index (χ1) is 14.5. The SMILES string of the molecule is Cc1nc(SCc2nc(-c3ccc(F)c(Cl)c3)no2)[nH]c(=O)c1Cc1ccccc1. The number of halogens is 2. The van der Waals surface area contributed by atoms with Crippen molar-refractivity contribution < 1.29 is 8.91 Å². The Labute approximate surface area is 180 Å². The number of H-pyrrole nitrogens is 1. The molecule has 0 saturated carbocycles. The number of thioether (sulfide) groups is 1. The maximum Gasteiger partial charge on any atom is 0.255 e. The predicted molar refractivity (Wildman–Crippen MR) is 113 cm³/mol. The number of nitrogens with one attached hydrogen (secondary N) is 1. The number of aromatic nitrogens is 4. The van der Waals surface area contributed by atoms with Crippen LogP contribution < -0.4 is 5.56 Å². The molecule has 0 fully saturated rings. The zero-order valence-electron chi connectivity index (χ0n) is 15.9. The molecule has 0 aliphatic heterocycles. The Morgan fingerprint density at radius 1 is 1.17 bits per heavy atom. The number of rotatable bonds is 6. The van der Waals surface area contributed by atoms with E-state index in [0.717, 1.165) is 5.56 Å². The summed E-state index contributed by atoms with van der Waals surface area (Å²) < 4.78 is 18.5. The number of hydrogen-bond donors (Lipinski definition) is 1. The van der Waals surface area contributed by atoms with E-state index in [-0.39, 0.29) is 10.6 Å². The van der Waals surface area contributed by atoms with Gasteiger partial charge in [-0.1, -0.05) is 58.9 Å². The van der Waals surface area contributed by atoms with Crippen LogP contribution in [0.2, 0.25) is 5.02 Å². The van der Waals surface area contributed by atoms with E-state index >= 15 is 0 Å². The predicted octanol–water partition coefficient (Wildman–Crippen LogP) is 4.80. The van der Waals surface area contributed by atoms with Crippen molar-refractivity contribution in [3.63, 3.8) is 0 Å². The van der Waals surface area contributed by atoms with E-state index in [1.54, 1.807) is 0 Å². The van der Waals surface area contributed by atoms with Crippen LogP contribution in [0.4, 0.5) is 4.39 Å². The van der Waals surface area contributed by atoms with Gasteiger partial charge in [0.25, 0.3) is 5.56 Å². The molecule has 0 aliphatic carbocycles. The highest BCUT2D eigenvalue weighted by Gasteiger charge is 2.13. The van der Waals surface area contributed by atoms with Crippen LogP contribution in [0.3, 0.4) is 0 Å². The molecule has 9 heteroatoms. The zero-order chi connectivity index (χ0) is 21.1. The summed E-state index contributed by atoms with van der Waals surface area (Å²) in [4.78, 5) is 24.1. The van der Waals surface area contributed by atoms with Crippen molar-refractivity contribution in [2.75, 3.05) is 0 Å². The minimum atomic E-state index is -0.513. The molecule has 2 aromatic carbocycles. The van der Waals surface area contributed by atoms with E-state index in [9.17, 15) is 9.18 Å². The summed E-state index contributed by atoms with van der Waals surface area (Å²) in [6, 6.07) is 14.0. The van der Waals surface area contributed by atoms with Crippen LogP contribution in [0.25, 0.3) is 11.4 Å². The molecule has 152 valence electrons. The maximum absolute atomic E-state index is 13.3. The first-order valence-corrected chi connectivity index (χ1v) is 10.4. The van der Waals surface area contributed by atoms with Crippen molar-refractivity contribution in [3.05, 3.63) is 92.4 Å². The van der Waals surface area contributed by atoms with Crippen LogP contribution >= 0.6 is 23.4 Å². The molecule has 1 N–H and O–H groups in total. The Balaban J connectivity index is 1.46. The lowest BCUT2D eigenvalue weighted by atomic mass is 10.1. The molecule has 6 nitrogen and oxygen atoms in total. The largest absolute Gasteiger partial charge is 0.338 e. The Bertz CT molecular complexity index is 1240. The normalized spacial score (nSPS) is 11.0. The third kappa shape index (κ3) is 4.60. The lowest BCUT2D eigenvalue weighted by Gasteiger charge is -2.06. The van der Waals surface area contributed by atoms with E-state index in [4.69, 9.17) is 16.1 Å². The Morgan fingerprint density at radius 2 is 1.97 bits per heavy atom. The van der Waals surface area contributed by atoms with Crippen LogP contribution in [0, 0.1) is 12.7 Å². The molecule has 0 atom stereocenters. The van der Waals surface area contributed by atoms with Gasteiger partial charge in [-0.2, -0.15) is 4.98 Å². The Hall–Kier alpha value is -2.97. The third-order valence-electron chi connectivity index (χ3n) is 4.40. The van der Waals surface area contributed by atoms with Gasteiger partial charge in [-0.15, -0.1) is 0 Å². The zero-order valence-corrected chi connectivity index (χ0v) is 17.4. The number of hydrogen-bond acceptors (Lipinski definition) is 6. The number of nitrogens with zero attached hydrogens (tertiary/aromatic N) is 3. The second-order valence-electron chi connectivity index (χ2n) is 6.53. The first-order valence-electron chi connectivity index (χ1n) is 9.04. The molecule has 0 aliphatic rings. The molecule has 0 amide bonds. The lowest BCUT2D eigenvalue weighted by Crippen LogP contribution is -2.17. The molecule has 2 aromatic heterocycles. The van der Waals surface area contributed by atoms with E-state index < -0.39 is 5.82 Å². The van der Waals surface area contributed by atoms with E-state index in [1.807, 2.05) is 37.3 Å². The highest BCUT2D eigenvalue weighted by Crippen LogP contribution is 2.24. The molecular formula is C21H16ClFN4O2S. The second-order valence-corrected chi connectivity index (χ2v) is 7.90. The van der Waals surface area contributed by atoms with Gasteiger partial charge in [0.1, 0.15) is 5.82 Å². The van der Waals surface area contributed by atoms with Gasteiger partial charge in [-0.25, -0.2) is 9.37 Å². The van der Waals surface area contributed by atoms with Gasteiger partial charge in [0.05, 0.1) is 10.8 Å². The quantitative estimate of drug-likeness (QED) is 0.341. The first kappa shape index (κ1) is 20.3. The van der Waals surface area contributed by atoms with Gasteiger partial charge in [-0.3, -0.25) is 4.79 Å². The van der Waals surface area contributed by atoms with Crippen molar-refractivity contribution in [1.82, 2.24) is 20.1 Å². The summed E-state index contributed by atoms with van der Waals surface area (Å²) >= 11 is 7.08. The van der Waals surface area contributed by atoms with Gasteiger partial charge in [-0.05, 0) is 30.7 Å². The number of aromatic amines is 1. The van der Waals surface area contributed by atoms with Crippen LogP contribution in [-0.2, 0) is 12.2 Å². The summed E-state index contributed by atoms with van der Waals surface area (Å²) in [5.41, 5.74) is 2.75. The fourth-order valence-corrected chi connectivity index (χ4v) is 3.78. The van der Waals surface area contributed by atoms with Gasteiger partial charge in [0, 0.05) is 23.2 Å². The minimum absolute atomic E-state index is 0.0129. The molecular weight excluding hydrogens is 427 g/mol. The van der Waals surface area contributed by atoms with Gasteiger partial charge in [0.2, 0.25) is 11.7 Å². The Kier molecular flexibility index (Phi) is 5.96. The second kappa shape index (κ2) is 8.81. The lowest BCUT2D eigenvalue weighted by molar-refractivity contribution is 0.391. The summed E-state index contributed by atoms with van der Waals surface area (Å²) in [6.45, 7) is 1.82. The van der Waals surface area contributed by atoms with Crippen molar-refractivity contribution in [1.29, 1.82) is 0 Å². The molecule has 0 spiro atoms. The fraction of sp³-hybridized carbons (Fsp3) is 0.143. The number of benzene rings is 2. The van der Waals surface area contributed by atoms with Crippen molar-refractivity contribution in [2.24, 2.45) is 0 Å². The maximum atomic E-state index is 13.3.